The summed E-state index contributed by atoms with van der Waals surface area (Å²) >= 11 is 3.50. The van der Waals surface area contributed by atoms with Crippen molar-refractivity contribution in [3.05, 3.63) is 47.0 Å². The summed E-state index contributed by atoms with van der Waals surface area (Å²) in [6.07, 6.45) is 3.16. The van der Waals surface area contributed by atoms with E-state index < -0.39 is 0 Å². The average Bonchev–Trinajstić information content (AvgIpc) is 2.88. The van der Waals surface area contributed by atoms with Crippen molar-refractivity contribution < 1.29 is 9.53 Å². The SMILES string of the molecule is COCCNC(=O)c1c(-c2ccncn2)c2cc(Br)ccc2n1C. The summed E-state index contributed by atoms with van der Waals surface area (Å²) in [5.74, 6) is -0.157. The fourth-order valence-corrected chi connectivity index (χ4v) is 3.09. The third kappa shape index (κ3) is 3.05. The Hall–Kier alpha value is -2.25. The van der Waals surface area contributed by atoms with E-state index in [1.54, 1.807) is 13.3 Å². The lowest BCUT2D eigenvalue weighted by molar-refractivity contribution is 0.0930. The van der Waals surface area contributed by atoms with Crippen LogP contribution in [0.2, 0.25) is 0 Å². The highest BCUT2D eigenvalue weighted by Crippen LogP contribution is 2.34. The van der Waals surface area contributed by atoms with Gasteiger partial charge in [0.05, 0.1) is 12.3 Å². The quantitative estimate of drug-likeness (QED) is 0.682. The van der Waals surface area contributed by atoms with Gasteiger partial charge < -0.3 is 14.6 Å². The minimum Gasteiger partial charge on any atom is -0.383 e. The molecule has 0 spiro atoms. The Morgan fingerprint density at radius 3 is 2.92 bits per heavy atom. The van der Waals surface area contributed by atoms with Crippen LogP contribution in [-0.2, 0) is 11.8 Å². The van der Waals surface area contributed by atoms with Crippen LogP contribution < -0.4 is 5.32 Å². The van der Waals surface area contributed by atoms with Gasteiger partial charge in [-0.2, -0.15) is 0 Å². The molecule has 1 N–H and O–H groups in total. The molecular formula is C17H17BrN4O2. The molecule has 0 saturated heterocycles. The molecule has 6 nitrogen and oxygen atoms in total. The van der Waals surface area contributed by atoms with E-state index in [2.05, 4.69) is 31.2 Å². The van der Waals surface area contributed by atoms with Gasteiger partial charge in [-0.05, 0) is 24.3 Å². The van der Waals surface area contributed by atoms with Crippen molar-refractivity contribution in [2.45, 2.75) is 0 Å². The van der Waals surface area contributed by atoms with Crippen molar-refractivity contribution in [2.24, 2.45) is 7.05 Å². The van der Waals surface area contributed by atoms with Crippen LogP contribution in [-0.4, -0.2) is 40.7 Å². The molecular weight excluding hydrogens is 372 g/mol. The number of methoxy groups -OCH3 is 1. The van der Waals surface area contributed by atoms with Crippen molar-refractivity contribution in [2.75, 3.05) is 20.3 Å². The van der Waals surface area contributed by atoms with Crippen LogP contribution in [0, 0.1) is 0 Å². The van der Waals surface area contributed by atoms with Gasteiger partial charge in [0, 0.05) is 47.8 Å². The van der Waals surface area contributed by atoms with Crippen molar-refractivity contribution in [1.29, 1.82) is 0 Å². The summed E-state index contributed by atoms with van der Waals surface area (Å²) in [4.78, 5) is 21.0. The first kappa shape index (κ1) is 16.6. The molecule has 0 radical (unpaired) electrons. The van der Waals surface area contributed by atoms with Gasteiger partial charge >= 0.3 is 0 Å². The second-order valence-electron chi connectivity index (χ2n) is 5.29. The summed E-state index contributed by atoms with van der Waals surface area (Å²) in [6, 6.07) is 7.75. The first-order chi connectivity index (χ1) is 11.6. The van der Waals surface area contributed by atoms with E-state index in [-0.39, 0.29) is 5.91 Å². The Morgan fingerprint density at radius 2 is 2.21 bits per heavy atom. The second kappa shape index (κ2) is 7.11. The van der Waals surface area contributed by atoms with Gasteiger partial charge in [-0.25, -0.2) is 9.97 Å². The molecule has 2 aromatic heterocycles. The van der Waals surface area contributed by atoms with Crippen LogP contribution in [0.5, 0.6) is 0 Å². The van der Waals surface area contributed by atoms with Gasteiger partial charge in [-0.3, -0.25) is 4.79 Å². The number of aryl methyl sites for hydroxylation is 1. The summed E-state index contributed by atoms with van der Waals surface area (Å²) in [6.45, 7) is 0.911. The fourth-order valence-electron chi connectivity index (χ4n) is 2.73. The fraction of sp³-hybridized carbons (Fsp3) is 0.235. The number of amides is 1. The van der Waals surface area contributed by atoms with E-state index in [9.17, 15) is 4.79 Å². The molecule has 3 rings (SSSR count). The number of fused-ring (bicyclic) bond motifs is 1. The number of aromatic nitrogens is 3. The average molecular weight is 389 g/mol. The van der Waals surface area contributed by atoms with Crippen LogP contribution in [0.15, 0.2) is 41.3 Å². The van der Waals surface area contributed by atoms with Crippen LogP contribution in [0.3, 0.4) is 0 Å². The molecule has 2 heterocycles. The third-order valence-corrected chi connectivity index (χ3v) is 4.30. The van der Waals surface area contributed by atoms with Gasteiger partial charge in [0.2, 0.25) is 0 Å². The van der Waals surface area contributed by atoms with Gasteiger partial charge in [-0.1, -0.05) is 15.9 Å². The summed E-state index contributed by atoms with van der Waals surface area (Å²) < 4.78 is 7.84. The Balaban J connectivity index is 2.20. The number of nitrogens with zero attached hydrogens (tertiary/aromatic N) is 3. The predicted octanol–water partition coefficient (Wildman–Crippen LogP) is 2.77. The Morgan fingerprint density at radius 1 is 1.38 bits per heavy atom. The summed E-state index contributed by atoms with van der Waals surface area (Å²) in [5.41, 5.74) is 3.04. The van der Waals surface area contributed by atoms with Crippen molar-refractivity contribution in [1.82, 2.24) is 19.9 Å². The zero-order valence-electron chi connectivity index (χ0n) is 13.4. The number of hydrogen-bond acceptors (Lipinski definition) is 4. The van der Waals surface area contributed by atoms with E-state index in [0.29, 0.717) is 24.5 Å². The van der Waals surface area contributed by atoms with E-state index in [1.165, 1.54) is 6.33 Å². The topological polar surface area (TPSA) is 69.0 Å². The number of carbonyl (C=O) groups excluding carboxylic acids is 1. The standard InChI is InChI=1S/C17H17BrN4O2/c1-22-14-4-3-11(18)9-12(14)15(13-5-6-19-10-21-13)16(22)17(23)20-7-8-24-2/h3-6,9-10H,7-8H2,1-2H3,(H,20,23). The maximum Gasteiger partial charge on any atom is 0.268 e. The van der Waals surface area contributed by atoms with Gasteiger partial charge in [0.25, 0.3) is 5.91 Å². The number of halogens is 1. The number of hydrogen-bond donors (Lipinski definition) is 1. The van der Waals surface area contributed by atoms with E-state index in [4.69, 9.17) is 4.74 Å². The zero-order chi connectivity index (χ0) is 17.1. The molecule has 0 bridgehead atoms. The van der Waals surface area contributed by atoms with Crippen LogP contribution in [0.1, 0.15) is 10.5 Å². The third-order valence-electron chi connectivity index (χ3n) is 3.81. The van der Waals surface area contributed by atoms with Crippen LogP contribution in [0.25, 0.3) is 22.2 Å². The maximum absolute atomic E-state index is 12.7. The number of carbonyl (C=O) groups is 1. The maximum atomic E-state index is 12.7. The molecule has 0 unspecified atom stereocenters. The lowest BCUT2D eigenvalue weighted by Crippen LogP contribution is -2.29. The molecule has 1 amide bonds. The summed E-state index contributed by atoms with van der Waals surface area (Å²) in [7, 11) is 3.49. The monoisotopic (exact) mass is 388 g/mol. The molecule has 0 saturated carbocycles. The van der Waals surface area contributed by atoms with Crippen LogP contribution >= 0.6 is 15.9 Å². The van der Waals surface area contributed by atoms with Gasteiger partial charge in [-0.15, -0.1) is 0 Å². The molecule has 7 heteroatoms. The minimum absolute atomic E-state index is 0.157. The number of nitrogens with one attached hydrogen (secondary N) is 1. The summed E-state index contributed by atoms with van der Waals surface area (Å²) in [5, 5.41) is 3.85. The Labute approximate surface area is 148 Å². The lowest BCUT2D eigenvalue weighted by Gasteiger charge is -2.08. The molecule has 1 aromatic carbocycles. The second-order valence-corrected chi connectivity index (χ2v) is 6.20. The molecule has 124 valence electrons. The number of ether oxygens (including phenoxy) is 1. The highest BCUT2D eigenvalue weighted by molar-refractivity contribution is 9.10. The largest absolute Gasteiger partial charge is 0.383 e. The zero-order valence-corrected chi connectivity index (χ0v) is 15.0. The molecule has 0 aliphatic heterocycles. The van der Waals surface area contributed by atoms with Crippen molar-refractivity contribution >= 4 is 32.7 Å². The molecule has 0 aliphatic carbocycles. The normalized spacial score (nSPS) is 11.0. The first-order valence-electron chi connectivity index (χ1n) is 7.45. The molecule has 0 atom stereocenters. The van der Waals surface area contributed by atoms with E-state index in [1.807, 2.05) is 35.9 Å². The number of rotatable bonds is 5. The number of benzene rings is 1. The molecule has 0 aliphatic rings. The van der Waals surface area contributed by atoms with Gasteiger partial charge in [0.1, 0.15) is 12.0 Å². The lowest BCUT2D eigenvalue weighted by atomic mass is 10.1. The van der Waals surface area contributed by atoms with E-state index >= 15 is 0 Å². The van der Waals surface area contributed by atoms with Gasteiger partial charge in [0.15, 0.2) is 0 Å². The van der Waals surface area contributed by atoms with E-state index in [0.717, 1.165) is 20.9 Å². The molecule has 0 fully saturated rings. The smallest absolute Gasteiger partial charge is 0.268 e. The molecule has 24 heavy (non-hydrogen) atoms. The molecule has 3 aromatic rings. The highest BCUT2D eigenvalue weighted by atomic mass is 79.9. The predicted molar refractivity (Wildman–Crippen MR) is 95.9 cm³/mol. The minimum atomic E-state index is -0.157. The Kier molecular flexibility index (Phi) is 4.92. The van der Waals surface area contributed by atoms with Crippen molar-refractivity contribution in [3.8, 4) is 11.3 Å². The van der Waals surface area contributed by atoms with Crippen molar-refractivity contribution in [3.63, 3.8) is 0 Å². The first-order valence-corrected chi connectivity index (χ1v) is 8.24. The Bertz CT molecular complexity index is 877. The van der Waals surface area contributed by atoms with Crippen LogP contribution in [0.4, 0.5) is 0 Å². The highest BCUT2D eigenvalue weighted by Gasteiger charge is 2.23.